The minimum Gasteiger partial charge on any atom is -0.466 e. The van der Waals surface area contributed by atoms with Gasteiger partial charge < -0.3 is 24.9 Å². The maximum atomic E-state index is 12.2. The minimum atomic E-state index is -0.273. The number of ether oxygens (including phenoxy) is 2. The van der Waals surface area contributed by atoms with Gasteiger partial charge in [-0.05, 0) is 19.9 Å². The van der Waals surface area contributed by atoms with Crippen molar-refractivity contribution < 1.29 is 18.7 Å². The first kappa shape index (κ1) is 12.4. The molecule has 1 aliphatic rings. The zero-order valence-electron chi connectivity index (χ0n) is 11.1. The van der Waals surface area contributed by atoms with E-state index in [-0.39, 0.29) is 12.7 Å². The summed E-state index contributed by atoms with van der Waals surface area (Å²) in [6.45, 7) is 3.69. The number of aryl methyl sites for hydroxylation is 2. The third-order valence-corrected chi connectivity index (χ3v) is 3.08. The molecule has 0 saturated carbocycles. The van der Waals surface area contributed by atoms with E-state index in [1.54, 1.807) is 32.0 Å². The van der Waals surface area contributed by atoms with E-state index in [2.05, 4.69) is 5.32 Å². The average Bonchev–Trinajstić information content (AvgIpc) is 2.95. The number of carbonyl (C=O) groups is 1. The van der Waals surface area contributed by atoms with Gasteiger partial charge in [-0.1, -0.05) is 0 Å². The highest BCUT2D eigenvalue weighted by atomic mass is 16.7. The maximum absolute atomic E-state index is 12.2. The molecule has 0 radical (unpaired) electrons. The Morgan fingerprint density at radius 2 is 1.90 bits per heavy atom. The van der Waals surface area contributed by atoms with E-state index in [0.717, 1.165) is 0 Å². The molecule has 3 rings (SSSR count). The number of hydrogen-bond donors (Lipinski definition) is 2. The lowest BCUT2D eigenvalue weighted by Gasteiger charge is -2.08. The Bertz CT molecular complexity index is 691. The van der Waals surface area contributed by atoms with Crippen molar-refractivity contribution in [1.29, 1.82) is 0 Å². The number of carbonyl (C=O) groups excluding carboxylic acids is 1. The van der Waals surface area contributed by atoms with Gasteiger partial charge in [-0.2, -0.15) is 0 Å². The lowest BCUT2D eigenvalue weighted by atomic mass is 10.2. The van der Waals surface area contributed by atoms with Gasteiger partial charge in [0.15, 0.2) is 11.5 Å². The number of nitrogen functional groups attached to an aromatic ring is 1. The number of nitrogens with one attached hydrogen (secondary N) is 1. The smallest absolute Gasteiger partial charge is 0.259 e. The van der Waals surface area contributed by atoms with Crippen LogP contribution in [-0.4, -0.2) is 12.7 Å². The fourth-order valence-corrected chi connectivity index (χ4v) is 2.11. The molecule has 1 aromatic heterocycles. The van der Waals surface area contributed by atoms with Crippen LogP contribution in [0.15, 0.2) is 22.6 Å². The molecule has 0 fully saturated rings. The summed E-state index contributed by atoms with van der Waals surface area (Å²) in [4.78, 5) is 12.2. The van der Waals surface area contributed by atoms with Crippen molar-refractivity contribution in [2.45, 2.75) is 13.8 Å². The van der Waals surface area contributed by atoms with Gasteiger partial charge in [-0.15, -0.1) is 0 Å². The Morgan fingerprint density at radius 1 is 1.20 bits per heavy atom. The van der Waals surface area contributed by atoms with Crippen molar-refractivity contribution in [3.63, 3.8) is 0 Å². The van der Waals surface area contributed by atoms with Crippen LogP contribution in [0.1, 0.15) is 21.9 Å². The molecule has 1 aliphatic heterocycles. The third-order valence-electron chi connectivity index (χ3n) is 3.08. The highest BCUT2D eigenvalue weighted by Gasteiger charge is 2.19. The zero-order chi connectivity index (χ0) is 14.3. The molecule has 6 nitrogen and oxygen atoms in total. The molecule has 104 valence electrons. The van der Waals surface area contributed by atoms with E-state index in [9.17, 15) is 4.79 Å². The van der Waals surface area contributed by atoms with Crippen LogP contribution >= 0.6 is 0 Å². The van der Waals surface area contributed by atoms with Crippen molar-refractivity contribution >= 4 is 17.3 Å². The van der Waals surface area contributed by atoms with Gasteiger partial charge in [-0.25, -0.2) is 0 Å². The zero-order valence-corrected chi connectivity index (χ0v) is 11.1. The minimum absolute atomic E-state index is 0.159. The van der Waals surface area contributed by atoms with Crippen molar-refractivity contribution in [2.24, 2.45) is 0 Å². The molecule has 2 aromatic rings. The predicted molar refractivity (Wildman–Crippen MR) is 73.1 cm³/mol. The summed E-state index contributed by atoms with van der Waals surface area (Å²) in [6, 6.07) is 4.97. The SMILES string of the molecule is Cc1cc(C(=O)Nc2cc3c(cc2N)OCO3)c(C)o1. The summed E-state index contributed by atoms with van der Waals surface area (Å²) < 4.78 is 15.8. The molecule has 0 aliphatic carbocycles. The Labute approximate surface area is 115 Å². The molecule has 20 heavy (non-hydrogen) atoms. The lowest BCUT2D eigenvalue weighted by molar-refractivity contribution is 0.102. The summed E-state index contributed by atoms with van der Waals surface area (Å²) in [5.41, 5.74) is 7.28. The first-order valence-electron chi connectivity index (χ1n) is 6.12. The number of fused-ring (bicyclic) bond motifs is 1. The van der Waals surface area contributed by atoms with Crippen LogP contribution < -0.4 is 20.5 Å². The van der Waals surface area contributed by atoms with Crippen molar-refractivity contribution in [3.8, 4) is 11.5 Å². The number of amides is 1. The standard InChI is InChI=1S/C14H14N2O4/c1-7-3-9(8(2)20-7)14(17)16-11-5-13-12(4-10(11)15)18-6-19-13/h3-5H,6,15H2,1-2H3,(H,16,17). The molecule has 3 N–H and O–H groups in total. The van der Waals surface area contributed by atoms with Gasteiger partial charge >= 0.3 is 0 Å². The van der Waals surface area contributed by atoms with E-state index in [1.165, 1.54) is 0 Å². The first-order valence-corrected chi connectivity index (χ1v) is 6.12. The highest BCUT2D eigenvalue weighted by Crippen LogP contribution is 2.38. The molecule has 1 amide bonds. The van der Waals surface area contributed by atoms with Gasteiger partial charge in [0.25, 0.3) is 5.91 Å². The molecule has 6 heteroatoms. The lowest BCUT2D eigenvalue weighted by Crippen LogP contribution is -2.13. The maximum Gasteiger partial charge on any atom is 0.259 e. The normalized spacial score (nSPS) is 12.5. The highest BCUT2D eigenvalue weighted by molar-refractivity contribution is 6.06. The monoisotopic (exact) mass is 274 g/mol. The van der Waals surface area contributed by atoms with Crippen molar-refractivity contribution in [3.05, 3.63) is 35.3 Å². The number of furan rings is 1. The summed E-state index contributed by atoms with van der Waals surface area (Å²) >= 11 is 0. The van der Waals surface area contributed by atoms with E-state index in [1.807, 2.05) is 0 Å². The fraction of sp³-hybridized carbons (Fsp3) is 0.214. The van der Waals surface area contributed by atoms with Crippen LogP contribution in [0.25, 0.3) is 0 Å². The van der Waals surface area contributed by atoms with Crippen molar-refractivity contribution in [1.82, 2.24) is 0 Å². The summed E-state index contributed by atoms with van der Waals surface area (Å²) in [7, 11) is 0. The van der Waals surface area contributed by atoms with E-state index >= 15 is 0 Å². The molecule has 0 atom stereocenters. The quantitative estimate of drug-likeness (QED) is 0.821. The molecular weight excluding hydrogens is 260 g/mol. The largest absolute Gasteiger partial charge is 0.466 e. The van der Waals surface area contributed by atoms with Gasteiger partial charge in [-0.3, -0.25) is 4.79 Å². The van der Waals surface area contributed by atoms with Crippen LogP contribution in [0.5, 0.6) is 11.5 Å². The number of rotatable bonds is 2. The average molecular weight is 274 g/mol. The molecule has 0 unspecified atom stereocenters. The Hall–Kier alpha value is -2.63. The summed E-state index contributed by atoms with van der Waals surface area (Å²) in [5, 5.41) is 2.75. The van der Waals surface area contributed by atoms with Crippen molar-refractivity contribution in [2.75, 3.05) is 17.8 Å². The van der Waals surface area contributed by atoms with Gasteiger partial charge in [0.05, 0.1) is 16.9 Å². The van der Waals surface area contributed by atoms with Gasteiger partial charge in [0.2, 0.25) is 6.79 Å². The second-order valence-electron chi connectivity index (χ2n) is 4.57. The Kier molecular flexibility index (Phi) is 2.78. The number of hydrogen-bond acceptors (Lipinski definition) is 5. The van der Waals surface area contributed by atoms with Gasteiger partial charge in [0.1, 0.15) is 11.5 Å². The van der Waals surface area contributed by atoms with Crippen LogP contribution in [0.3, 0.4) is 0 Å². The fourth-order valence-electron chi connectivity index (χ4n) is 2.11. The second-order valence-corrected chi connectivity index (χ2v) is 4.57. The molecular formula is C14H14N2O4. The molecule has 1 aromatic carbocycles. The predicted octanol–water partition coefficient (Wildman–Crippen LogP) is 2.46. The van der Waals surface area contributed by atoms with E-state index < -0.39 is 0 Å². The third kappa shape index (κ3) is 2.05. The van der Waals surface area contributed by atoms with Crippen LogP contribution in [-0.2, 0) is 0 Å². The summed E-state index contributed by atoms with van der Waals surface area (Å²) in [6.07, 6.45) is 0. The molecule has 0 bridgehead atoms. The number of nitrogens with two attached hydrogens (primary N) is 1. The van der Waals surface area contributed by atoms with Gasteiger partial charge in [0, 0.05) is 12.1 Å². The molecule has 0 saturated heterocycles. The number of benzene rings is 1. The van der Waals surface area contributed by atoms with E-state index in [4.69, 9.17) is 19.6 Å². The van der Waals surface area contributed by atoms with Crippen LogP contribution in [0.2, 0.25) is 0 Å². The topological polar surface area (TPSA) is 86.7 Å². The Morgan fingerprint density at radius 3 is 2.55 bits per heavy atom. The molecule has 2 heterocycles. The van der Waals surface area contributed by atoms with Crippen LogP contribution in [0, 0.1) is 13.8 Å². The number of anilines is 2. The first-order chi connectivity index (χ1) is 9.54. The Balaban J connectivity index is 1.88. The summed E-state index contributed by atoms with van der Waals surface area (Å²) in [5.74, 6) is 2.13. The van der Waals surface area contributed by atoms with Crippen LogP contribution in [0.4, 0.5) is 11.4 Å². The molecule has 0 spiro atoms. The second kappa shape index (κ2) is 4.48. The van der Waals surface area contributed by atoms with E-state index in [0.29, 0.717) is 40.0 Å².